The van der Waals surface area contributed by atoms with Crippen LogP contribution in [0.25, 0.3) is 10.6 Å². The highest BCUT2D eigenvalue weighted by Crippen LogP contribution is 2.25. The second-order valence-electron chi connectivity index (χ2n) is 6.67. The first-order valence-electron chi connectivity index (χ1n) is 9.19. The SMILES string of the molecule is O=S(=O)(c1cccnc1)N(Cc1ccc(-c2nccs2)cc1)Cc1cccc(O)c1. The number of phenols is 1. The lowest BCUT2D eigenvalue weighted by molar-refractivity contribution is 0.399. The summed E-state index contributed by atoms with van der Waals surface area (Å²) in [5.74, 6) is 0.0963. The molecular weight excluding hydrogens is 418 g/mol. The van der Waals surface area contributed by atoms with Crippen LogP contribution in [0.15, 0.2) is 89.5 Å². The van der Waals surface area contributed by atoms with Gasteiger partial charge in [-0.25, -0.2) is 13.4 Å². The minimum atomic E-state index is -3.78. The number of nitrogens with zero attached hydrogens (tertiary/aromatic N) is 3. The number of rotatable bonds is 7. The Hall–Kier alpha value is -3.07. The van der Waals surface area contributed by atoms with Gasteiger partial charge in [0.15, 0.2) is 0 Å². The van der Waals surface area contributed by atoms with Crippen LogP contribution in [0.3, 0.4) is 0 Å². The van der Waals surface area contributed by atoms with Crippen molar-refractivity contribution in [2.45, 2.75) is 18.0 Å². The van der Waals surface area contributed by atoms with E-state index in [-0.39, 0.29) is 23.7 Å². The number of hydrogen-bond acceptors (Lipinski definition) is 6. The maximum Gasteiger partial charge on any atom is 0.245 e. The van der Waals surface area contributed by atoms with Gasteiger partial charge >= 0.3 is 0 Å². The molecule has 0 fully saturated rings. The zero-order valence-electron chi connectivity index (χ0n) is 15.9. The fraction of sp³-hybridized carbons (Fsp3) is 0.0909. The van der Waals surface area contributed by atoms with E-state index in [0.717, 1.165) is 16.1 Å². The summed E-state index contributed by atoms with van der Waals surface area (Å²) in [5.41, 5.74) is 2.54. The van der Waals surface area contributed by atoms with Crippen LogP contribution in [0, 0.1) is 0 Å². The molecule has 4 rings (SSSR count). The minimum Gasteiger partial charge on any atom is -0.508 e. The van der Waals surface area contributed by atoms with Gasteiger partial charge in [0.05, 0.1) is 0 Å². The second kappa shape index (κ2) is 8.74. The quantitative estimate of drug-likeness (QED) is 0.466. The fourth-order valence-corrected chi connectivity index (χ4v) is 5.08. The van der Waals surface area contributed by atoms with E-state index in [2.05, 4.69) is 9.97 Å². The average Bonchev–Trinajstić information content (AvgIpc) is 3.29. The molecule has 30 heavy (non-hydrogen) atoms. The zero-order chi connectivity index (χ0) is 21.0. The molecule has 0 aliphatic carbocycles. The van der Waals surface area contributed by atoms with Crippen LogP contribution in [0.2, 0.25) is 0 Å². The van der Waals surface area contributed by atoms with Gasteiger partial charge in [-0.15, -0.1) is 11.3 Å². The number of aromatic nitrogens is 2. The summed E-state index contributed by atoms with van der Waals surface area (Å²) in [6.45, 7) is 0.310. The largest absolute Gasteiger partial charge is 0.508 e. The van der Waals surface area contributed by atoms with Gasteiger partial charge in [0.2, 0.25) is 10.0 Å². The summed E-state index contributed by atoms with van der Waals surface area (Å²) in [6.07, 6.45) is 4.64. The Morgan fingerprint density at radius 1 is 0.933 bits per heavy atom. The molecule has 2 aromatic heterocycles. The molecule has 8 heteroatoms. The topological polar surface area (TPSA) is 83.4 Å². The van der Waals surface area contributed by atoms with Crippen molar-refractivity contribution >= 4 is 21.4 Å². The lowest BCUT2D eigenvalue weighted by Gasteiger charge is -2.22. The summed E-state index contributed by atoms with van der Waals surface area (Å²) < 4.78 is 28.0. The first-order chi connectivity index (χ1) is 14.5. The van der Waals surface area contributed by atoms with Crippen LogP contribution >= 0.6 is 11.3 Å². The first-order valence-corrected chi connectivity index (χ1v) is 11.5. The molecule has 0 amide bonds. The van der Waals surface area contributed by atoms with E-state index in [4.69, 9.17) is 0 Å². The molecule has 0 saturated heterocycles. The molecule has 0 radical (unpaired) electrons. The Labute approximate surface area is 179 Å². The number of phenolic OH excluding ortho intramolecular Hbond substituents is 1. The van der Waals surface area contributed by atoms with Gasteiger partial charge in [0.1, 0.15) is 15.7 Å². The van der Waals surface area contributed by atoms with Gasteiger partial charge in [-0.1, -0.05) is 36.4 Å². The van der Waals surface area contributed by atoms with Crippen LogP contribution in [-0.4, -0.2) is 27.8 Å². The Balaban J connectivity index is 1.65. The third kappa shape index (κ3) is 4.56. The number of pyridine rings is 1. The Kier molecular flexibility index (Phi) is 5.89. The maximum absolute atomic E-state index is 13.3. The molecule has 152 valence electrons. The summed E-state index contributed by atoms with van der Waals surface area (Å²) in [4.78, 5) is 8.38. The van der Waals surface area contributed by atoms with Crippen LogP contribution in [0.5, 0.6) is 5.75 Å². The highest BCUT2D eigenvalue weighted by Gasteiger charge is 2.25. The van der Waals surface area contributed by atoms with Crippen LogP contribution in [-0.2, 0) is 23.1 Å². The highest BCUT2D eigenvalue weighted by molar-refractivity contribution is 7.89. The van der Waals surface area contributed by atoms with Crippen LogP contribution in [0.1, 0.15) is 11.1 Å². The van der Waals surface area contributed by atoms with E-state index < -0.39 is 10.0 Å². The Morgan fingerprint density at radius 3 is 2.40 bits per heavy atom. The average molecular weight is 438 g/mol. The molecule has 0 unspecified atom stereocenters. The third-order valence-corrected chi connectivity index (χ3v) is 7.13. The van der Waals surface area contributed by atoms with Crippen molar-refractivity contribution < 1.29 is 13.5 Å². The van der Waals surface area contributed by atoms with Gasteiger partial charge in [0.25, 0.3) is 0 Å². The predicted molar refractivity (Wildman–Crippen MR) is 116 cm³/mol. The summed E-state index contributed by atoms with van der Waals surface area (Å²) in [7, 11) is -3.78. The summed E-state index contributed by atoms with van der Waals surface area (Å²) in [6, 6.07) is 17.4. The fourth-order valence-electron chi connectivity index (χ4n) is 3.06. The zero-order valence-corrected chi connectivity index (χ0v) is 17.6. The number of thiazole rings is 1. The molecule has 2 aromatic carbocycles. The molecule has 2 heterocycles. The third-order valence-electron chi connectivity index (χ3n) is 4.53. The first kappa shape index (κ1) is 20.2. The molecule has 0 aliphatic rings. The normalized spacial score (nSPS) is 11.6. The van der Waals surface area contributed by atoms with Gasteiger partial charge in [-0.3, -0.25) is 4.98 Å². The molecular formula is C22H19N3O3S2. The van der Waals surface area contributed by atoms with Gasteiger partial charge in [0, 0.05) is 42.6 Å². The predicted octanol–water partition coefficient (Wildman–Crippen LogP) is 4.30. The van der Waals surface area contributed by atoms with E-state index in [1.807, 2.05) is 29.6 Å². The second-order valence-corrected chi connectivity index (χ2v) is 9.50. The molecule has 0 saturated carbocycles. The monoisotopic (exact) mass is 437 g/mol. The summed E-state index contributed by atoms with van der Waals surface area (Å²) >= 11 is 1.55. The van der Waals surface area contributed by atoms with E-state index in [1.165, 1.54) is 22.8 Å². The molecule has 1 N–H and O–H groups in total. The van der Waals surface area contributed by atoms with Crippen molar-refractivity contribution in [1.29, 1.82) is 0 Å². The minimum absolute atomic E-state index is 0.0963. The number of aromatic hydroxyl groups is 1. The lowest BCUT2D eigenvalue weighted by Crippen LogP contribution is -2.30. The highest BCUT2D eigenvalue weighted by atomic mass is 32.2. The van der Waals surface area contributed by atoms with E-state index in [9.17, 15) is 13.5 Å². The molecule has 0 bridgehead atoms. The number of sulfonamides is 1. The maximum atomic E-state index is 13.3. The van der Waals surface area contributed by atoms with Gasteiger partial charge in [-0.2, -0.15) is 4.31 Å². The van der Waals surface area contributed by atoms with Gasteiger partial charge in [-0.05, 0) is 35.4 Å². The van der Waals surface area contributed by atoms with Crippen molar-refractivity contribution in [1.82, 2.24) is 14.3 Å². The van der Waals surface area contributed by atoms with E-state index in [1.54, 1.807) is 47.9 Å². The molecule has 0 atom stereocenters. The van der Waals surface area contributed by atoms with Crippen LogP contribution < -0.4 is 0 Å². The van der Waals surface area contributed by atoms with Crippen molar-refractivity contribution in [3.05, 3.63) is 95.8 Å². The van der Waals surface area contributed by atoms with Crippen molar-refractivity contribution in [2.24, 2.45) is 0 Å². The number of benzene rings is 2. The Bertz CT molecular complexity index is 1210. The smallest absolute Gasteiger partial charge is 0.245 e. The molecule has 6 nitrogen and oxygen atoms in total. The van der Waals surface area contributed by atoms with Gasteiger partial charge < -0.3 is 5.11 Å². The van der Waals surface area contributed by atoms with Crippen molar-refractivity contribution in [2.75, 3.05) is 0 Å². The standard InChI is InChI=1S/C22H19N3O3S2/c26-20-4-1-3-18(13-20)16-25(30(27,28)21-5-2-10-23-14-21)15-17-6-8-19(9-7-17)22-24-11-12-29-22/h1-14,26H,15-16H2. The molecule has 0 aliphatic heterocycles. The summed E-state index contributed by atoms with van der Waals surface area (Å²) in [5, 5.41) is 12.6. The Morgan fingerprint density at radius 2 is 1.73 bits per heavy atom. The lowest BCUT2D eigenvalue weighted by atomic mass is 10.1. The van der Waals surface area contributed by atoms with Crippen molar-refractivity contribution in [3.8, 4) is 16.3 Å². The molecule has 4 aromatic rings. The van der Waals surface area contributed by atoms with Crippen LogP contribution in [0.4, 0.5) is 0 Å². The molecule has 0 spiro atoms. The van der Waals surface area contributed by atoms with E-state index >= 15 is 0 Å². The van der Waals surface area contributed by atoms with Crippen molar-refractivity contribution in [3.63, 3.8) is 0 Å². The number of hydrogen-bond donors (Lipinski definition) is 1. The van der Waals surface area contributed by atoms with E-state index in [0.29, 0.717) is 5.56 Å².